The van der Waals surface area contributed by atoms with E-state index >= 15 is 0 Å². The lowest BCUT2D eigenvalue weighted by molar-refractivity contribution is 1.30. The second-order valence-electron chi connectivity index (χ2n) is 3.06. The molecule has 0 radical (unpaired) electrons. The number of hydrogen-bond donors (Lipinski definition) is 0. The highest BCUT2D eigenvalue weighted by molar-refractivity contribution is 9.10. The van der Waals surface area contributed by atoms with Gasteiger partial charge in [0, 0.05) is 15.5 Å². The standard InChI is InChI=1S/C11H10BrNS2/c1-2-10-7-14-11(15-10)13-9-5-3-8(12)4-6-9/h2-6,10H,1,7H2. The van der Waals surface area contributed by atoms with Gasteiger partial charge in [0.15, 0.2) is 0 Å². The van der Waals surface area contributed by atoms with E-state index in [9.17, 15) is 0 Å². The molecule has 1 unspecified atom stereocenters. The summed E-state index contributed by atoms with van der Waals surface area (Å²) in [5.74, 6) is 1.09. The first-order valence-electron chi connectivity index (χ1n) is 4.54. The summed E-state index contributed by atoms with van der Waals surface area (Å²) in [6.07, 6.45) is 1.99. The summed E-state index contributed by atoms with van der Waals surface area (Å²) in [6, 6.07) is 8.04. The summed E-state index contributed by atoms with van der Waals surface area (Å²) in [5, 5.41) is 0.518. The molecule has 1 aliphatic rings. The maximum Gasteiger partial charge on any atom is 0.131 e. The molecular formula is C11H10BrNS2. The van der Waals surface area contributed by atoms with Crippen LogP contribution in [0.2, 0.25) is 0 Å². The van der Waals surface area contributed by atoms with Gasteiger partial charge in [-0.1, -0.05) is 45.5 Å². The molecule has 78 valence electrons. The van der Waals surface area contributed by atoms with Crippen molar-refractivity contribution in [3.63, 3.8) is 0 Å². The van der Waals surface area contributed by atoms with Gasteiger partial charge in [0.2, 0.25) is 0 Å². The number of halogens is 1. The Labute approximate surface area is 107 Å². The van der Waals surface area contributed by atoms with Crippen molar-refractivity contribution in [2.75, 3.05) is 5.75 Å². The van der Waals surface area contributed by atoms with Crippen molar-refractivity contribution in [3.8, 4) is 0 Å². The summed E-state index contributed by atoms with van der Waals surface area (Å²) in [5.41, 5.74) is 1.01. The first kappa shape index (κ1) is 11.3. The van der Waals surface area contributed by atoms with Gasteiger partial charge in [-0.3, -0.25) is 0 Å². The monoisotopic (exact) mass is 299 g/mol. The smallest absolute Gasteiger partial charge is 0.131 e. The average Bonchev–Trinajstić information content (AvgIpc) is 2.69. The van der Waals surface area contributed by atoms with Crippen molar-refractivity contribution < 1.29 is 0 Å². The molecule has 1 atom stereocenters. The van der Waals surface area contributed by atoms with Gasteiger partial charge < -0.3 is 0 Å². The predicted molar refractivity (Wildman–Crippen MR) is 75.3 cm³/mol. The highest BCUT2D eigenvalue weighted by Crippen LogP contribution is 2.35. The van der Waals surface area contributed by atoms with Gasteiger partial charge >= 0.3 is 0 Å². The number of aliphatic imine (C=N–C) groups is 1. The molecule has 0 amide bonds. The predicted octanol–water partition coefficient (Wildman–Crippen LogP) is 4.47. The Morgan fingerprint density at radius 2 is 2.13 bits per heavy atom. The van der Waals surface area contributed by atoms with Crippen molar-refractivity contribution in [2.45, 2.75) is 5.25 Å². The quantitative estimate of drug-likeness (QED) is 0.747. The molecule has 0 saturated carbocycles. The van der Waals surface area contributed by atoms with Gasteiger partial charge in [-0.25, -0.2) is 4.99 Å². The molecule has 0 spiro atoms. The van der Waals surface area contributed by atoms with E-state index in [1.54, 1.807) is 23.5 Å². The highest BCUT2D eigenvalue weighted by Gasteiger charge is 2.19. The zero-order chi connectivity index (χ0) is 10.7. The molecule has 1 aliphatic heterocycles. The van der Waals surface area contributed by atoms with Crippen LogP contribution < -0.4 is 0 Å². The van der Waals surface area contributed by atoms with E-state index in [2.05, 4.69) is 27.5 Å². The normalized spacial score (nSPS) is 23.3. The summed E-state index contributed by atoms with van der Waals surface area (Å²) in [7, 11) is 0. The van der Waals surface area contributed by atoms with Crippen LogP contribution in [0.15, 0.2) is 46.4 Å². The van der Waals surface area contributed by atoms with Crippen LogP contribution in [0, 0.1) is 0 Å². The van der Waals surface area contributed by atoms with E-state index in [1.807, 2.05) is 30.3 Å². The molecule has 4 heteroatoms. The Morgan fingerprint density at radius 1 is 1.40 bits per heavy atom. The Balaban J connectivity index is 2.10. The Hall–Kier alpha value is -0.190. The minimum atomic E-state index is 0.518. The van der Waals surface area contributed by atoms with Gasteiger partial charge in [0.25, 0.3) is 0 Å². The molecule has 0 aromatic heterocycles. The lowest BCUT2D eigenvalue weighted by Gasteiger charge is -1.97. The van der Waals surface area contributed by atoms with E-state index in [4.69, 9.17) is 0 Å². The fourth-order valence-electron chi connectivity index (χ4n) is 1.15. The van der Waals surface area contributed by atoms with Crippen molar-refractivity contribution in [1.29, 1.82) is 0 Å². The largest absolute Gasteiger partial charge is 0.235 e. The maximum absolute atomic E-state index is 4.57. The topological polar surface area (TPSA) is 12.4 Å². The van der Waals surface area contributed by atoms with Crippen LogP contribution in [0.3, 0.4) is 0 Å². The highest BCUT2D eigenvalue weighted by atomic mass is 79.9. The van der Waals surface area contributed by atoms with Crippen LogP contribution in [0.1, 0.15) is 0 Å². The van der Waals surface area contributed by atoms with Crippen LogP contribution in [-0.4, -0.2) is 15.4 Å². The number of benzene rings is 1. The first-order chi connectivity index (χ1) is 7.28. The molecule has 0 bridgehead atoms. The molecule has 15 heavy (non-hydrogen) atoms. The number of rotatable bonds is 2. The van der Waals surface area contributed by atoms with Crippen molar-refractivity contribution >= 4 is 49.5 Å². The summed E-state index contributed by atoms with van der Waals surface area (Å²) in [4.78, 5) is 4.57. The van der Waals surface area contributed by atoms with Crippen LogP contribution in [-0.2, 0) is 0 Å². The van der Waals surface area contributed by atoms with E-state index in [1.165, 1.54) is 0 Å². The Morgan fingerprint density at radius 3 is 2.73 bits per heavy atom. The third-order valence-electron chi connectivity index (χ3n) is 1.93. The van der Waals surface area contributed by atoms with Crippen molar-refractivity contribution in [1.82, 2.24) is 0 Å². The molecule has 1 fully saturated rings. The molecule has 1 aromatic rings. The molecule has 1 aromatic carbocycles. The van der Waals surface area contributed by atoms with Crippen LogP contribution in [0.25, 0.3) is 0 Å². The third-order valence-corrected chi connectivity index (χ3v) is 5.13. The SMILES string of the molecule is C=CC1CSC(=Nc2ccc(Br)cc2)S1. The molecular weight excluding hydrogens is 290 g/mol. The van der Waals surface area contributed by atoms with Crippen LogP contribution >= 0.6 is 39.5 Å². The molecule has 1 saturated heterocycles. The zero-order valence-electron chi connectivity index (χ0n) is 8.02. The van der Waals surface area contributed by atoms with Gasteiger partial charge in [-0.2, -0.15) is 0 Å². The fraction of sp³-hybridized carbons (Fsp3) is 0.182. The number of hydrogen-bond acceptors (Lipinski definition) is 3. The minimum absolute atomic E-state index is 0.518. The summed E-state index contributed by atoms with van der Waals surface area (Å²) < 4.78 is 2.23. The minimum Gasteiger partial charge on any atom is -0.235 e. The fourth-order valence-corrected chi connectivity index (χ4v) is 3.86. The van der Waals surface area contributed by atoms with E-state index in [0.717, 1.165) is 20.3 Å². The second-order valence-corrected chi connectivity index (χ2v) is 6.47. The molecule has 2 rings (SSSR count). The van der Waals surface area contributed by atoms with E-state index in [0.29, 0.717) is 5.25 Å². The Kier molecular flexibility index (Phi) is 3.94. The summed E-state index contributed by atoms with van der Waals surface area (Å²) in [6.45, 7) is 3.80. The third kappa shape index (κ3) is 3.13. The maximum atomic E-state index is 4.57. The lowest BCUT2D eigenvalue weighted by atomic mass is 10.3. The molecule has 0 N–H and O–H groups in total. The second kappa shape index (κ2) is 5.23. The summed E-state index contributed by atoms with van der Waals surface area (Å²) >= 11 is 7.00. The Bertz CT molecular complexity index is 386. The molecule has 1 heterocycles. The van der Waals surface area contributed by atoms with Crippen LogP contribution in [0.4, 0.5) is 5.69 Å². The van der Waals surface area contributed by atoms with Crippen molar-refractivity contribution in [2.24, 2.45) is 4.99 Å². The van der Waals surface area contributed by atoms with Gasteiger partial charge in [-0.05, 0) is 24.3 Å². The number of nitrogens with zero attached hydrogens (tertiary/aromatic N) is 1. The molecule has 0 aliphatic carbocycles. The van der Waals surface area contributed by atoms with Gasteiger partial charge in [0.05, 0.1) is 5.69 Å². The van der Waals surface area contributed by atoms with E-state index < -0.39 is 0 Å². The number of thioether (sulfide) groups is 2. The zero-order valence-corrected chi connectivity index (χ0v) is 11.2. The van der Waals surface area contributed by atoms with Gasteiger partial charge in [-0.15, -0.1) is 6.58 Å². The molecule has 1 nitrogen and oxygen atoms in total. The van der Waals surface area contributed by atoms with Crippen molar-refractivity contribution in [3.05, 3.63) is 41.4 Å². The van der Waals surface area contributed by atoms with Gasteiger partial charge in [0.1, 0.15) is 4.38 Å². The average molecular weight is 300 g/mol. The lowest BCUT2D eigenvalue weighted by Crippen LogP contribution is -1.92. The van der Waals surface area contributed by atoms with E-state index in [-0.39, 0.29) is 0 Å². The first-order valence-corrected chi connectivity index (χ1v) is 7.20. The van der Waals surface area contributed by atoms with Crippen LogP contribution in [0.5, 0.6) is 0 Å².